The summed E-state index contributed by atoms with van der Waals surface area (Å²) < 4.78 is 2.21. The van der Waals surface area contributed by atoms with Crippen molar-refractivity contribution in [1.29, 1.82) is 0 Å². The van der Waals surface area contributed by atoms with Crippen molar-refractivity contribution in [3.8, 4) is 0 Å². The van der Waals surface area contributed by atoms with Crippen molar-refractivity contribution >= 4 is 11.8 Å². The zero-order chi connectivity index (χ0) is 49.8. The Morgan fingerprint density at radius 1 is 0.333 bits per heavy atom. The first-order chi connectivity index (χ1) is 34.0. The molecule has 0 atom stereocenters. The quantitative estimate of drug-likeness (QED) is 0.0610. The van der Waals surface area contributed by atoms with Gasteiger partial charge in [0.2, 0.25) is 11.8 Å². The van der Waals surface area contributed by atoms with Crippen LogP contribution in [-0.2, 0) is 16.1 Å². The lowest BCUT2D eigenvalue weighted by molar-refractivity contribution is -0.132. The summed E-state index contributed by atoms with van der Waals surface area (Å²) in [6, 6.07) is 0. The molecule has 0 bridgehead atoms. The molecule has 0 radical (unpaired) electrons. The van der Waals surface area contributed by atoms with E-state index < -0.39 is 0 Å². The van der Waals surface area contributed by atoms with E-state index in [0.29, 0.717) is 11.8 Å². The van der Waals surface area contributed by atoms with Crippen LogP contribution in [0.2, 0.25) is 0 Å². The van der Waals surface area contributed by atoms with Crippen LogP contribution in [0.15, 0.2) is 18.7 Å². The third-order valence-electron chi connectivity index (χ3n) is 15.0. The smallest absolute Gasteiger partial charge is 0.222 e. The van der Waals surface area contributed by atoms with Gasteiger partial charge in [-0.1, -0.05) is 246 Å². The van der Waals surface area contributed by atoms with E-state index in [2.05, 4.69) is 58.1 Å². The Hall–Kier alpha value is -1.89. The number of unbranched alkanes of at least 4 members (excludes halogenated alkanes) is 36. The van der Waals surface area contributed by atoms with Gasteiger partial charge in [0.1, 0.15) is 0 Å². The Morgan fingerprint density at radius 3 is 0.884 bits per heavy atom. The number of imidazole rings is 1. The molecule has 1 aromatic heterocycles. The normalized spacial score (nSPS) is 11.6. The number of carbonyl (C=O) groups excluding carboxylic acids is 2. The van der Waals surface area contributed by atoms with E-state index in [1.54, 1.807) is 0 Å². The SMILES string of the molecule is CCCCCCCCCCN(CCCCCCCCCC)C(=O)CCCCCCCN(CCCCCCCC(=O)N(CCCCCCCCCC)CCCCCCCCCC)CCCn1ccnc1. The summed E-state index contributed by atoms with van der Waals surface area (Å²) in [6.07, 6.45) is 62.8. The zero-order valence-corrected chi connectivity index (χ0v) is 47.3. The number of rotatable bonds is 56. The van der Waals surface area contributed by atoms with Crippen molar-refractivity contribution in [3.05, 3.63) is 18.7 Å². The number of aryl methyl sites for hydroxylation is 1. The lowest BCUT2D eigenvalue weighted by Gasteiger charge is -2.23. The molecular weight excluding hydrogens is 847 g/mol. The first kappa shape index (κ1) is 65.1. The van der Waals surface area contributed by atoms with Gasteiger partial charge in [-0.15, -0.1) is 0 Å². The van der Waals surface area contributed by atoms with Gasteiger partial charge in [-0.05, 0) is 77.4 Å². The number of carbonyl (C=O) groups is 2. The molecule has 0 aliphatic rings. The second kappa shape index (κ2) is 52.4. The highest BCUT2D eigenvalue weighted by molar-refractivity contribution is 5.76. The Balaban J connectivity index is 2.45. The Morgan fingerprint density at radius 2 is 0.594 bits per heavy atom. The van der Waals surface area contributed by atoms with Crippen LogP contribution >= 0.6 is 0 Å². The Kier molecular flexibility index (Phi) is 49.5. The molecule has 0 saturated heterocycles. The zero-order valence-electron chi connectivity index (χ0n) is 47.3. The summed E-state index contributed by atoms with van der Waals surface area (Å²) in [5.41, 5.74) is 0. The molecule has 0 spiro atoms. The van der Waals surface area contributed by atoms with Gasteiger partial charge in [-0.2, -0.15) is 0 Å². The predicted octanol–water partition coefficient (Wildman–Crippen LogP) is 18.5. The van der Waals surface area contributed by atoms with Gasteiger partial charge in [-0.3, -0.25) is 9.59 Å². The number of aromatic nitrogens is 2. The predicted molar refractivity (Wildman–Crippen MR) is 302 cm³/mol. The molecule has 406 valence electrons. The van der Waals surface area contributed by atoms with Crippen LogP contribution in [0.3, 0.4) is 0 Å². The van der Waals surface area contributed by atoms with Crippen LogP contribution < -0.4 is 0 Å². The molecular formula is C62H121N5O2. The van der Waals surface area contributed by atoms with E-state index in [1.807, 2.05) is 12.5 Å². The summed E-state index contributed by atoms with van der Waals surface area (Å²) in [6.45, 7) is 17.6. The van der Waals surface area contributed by atoms with Gasteiger partial charge in [0, 0.05) is 58.0 Å². The fourth-order valence-electron chi connectivity index (χ4n) is 10.3. The lowest BCUT2D eigenvalue weighted by Crippen LogP contribution is -2.32. The molecule has 7 nitrogen and oxygen atoms in total. The summed E-state index contributed by atoms with van der Waals surface area (Å²) in [7, 11) is 0. The monoisotopic (exact) mass is 968 g/mol. The van der Waals surface area contributed by atoms with Crippen LogP contribution in [0.4, 0.5) is 0 Å². The van der Waals surface area contributed by atoms with Crippen molar-refractivity contribution in [2.45, 2.75) is 323 Å². The molecule has 69 heavy (non-hydrogen) atoms. The number of hydrogen-bond acceptors (Lipinski definition) is 4. The van der Waals surface area contributed by atoms with E-state index in [1.165, 1.54) is 270 Å². The summed E-state index contributed by atoms with van der Waals surface area (Å²) in [5.74, 6) is 0.836. The summed E-state index contributed by atoms with van der Waals surface area (Å²) >= 11 is 0. The molecule has 2 amide bonds. The second-order valence-corrected chi connectivity index (χ2v) is 21.7. The molecule has 0 saturated carbocycles. The molecule has 0 fully saturated rings. The fraction of sp³-hybridized carbons (Fsp3) is 0.919. The molecule has 0 N–H and O–H groups in total. The molecule has 1 rings (SSSR count). The van der Waals surface area contributed by atoms with Crippen LogP contribution in [0.25, 0.3) is 0 Å². The van der Waals surface area contributed by atoms with Crippen LogP contribution in [-0.4, -0.2) is 81.9 Å². The van der Waals surface area contributed by atoms with Crippen molar-refractivity contribution in [2.24, 2.45) is 0 Å². The summed E-state index contributed by atoms with van der Waals surface area (Å²) in [5, 5.41) is 0. The van der Waals surface area contributed by atoms with E-state index in [-0.39, 0.29) is 0 Å². The largest absolute Gasteiger partial charge is 0.343 e. The van der Waals surface area contributed by atoms with Crippen LogP contribution in [0.5, 0.6) is 0 Å². The maximum absolute atomic E-state index is 13.5. The van der Waals surface area contributed by atoms with Gasteiger partial charge < -0.3 is 19.3 Å². The minimum atomic E-state index is 0.418. The van der Waals surface area contributed by atoms with E-state index in [4.69, 9.17) is 0 Å². The van der Waals surface area contributed by atoms with Gasteiger partial charge in [0.05, 0.1) is 6.33 Å². The van der Waals surface area contributed by atoms with Crippen molar-refractivity contribution < 1.29 is 9.59 Å². The number of nitrogens with zero attached hydrogens (tertiary/aromatic N) is 5. The van der Waals surface area contributed by atoms with E-state index >= 15 is 0 Å². The second-order valence-electron chi connectivity index (χ2n) is 21.7. The third-order valence-corrected chi connectivity index (χ3v) is 15.0. The number of hydrogen-bond donors (Lipinski definition) is 0. The highest BCUT2D eigenvalue weighted by Crippen LogP contribution is 2.17. The molecule has 0 aliphatic carbocycles. The molecule has 0 aromatic carbocycles. The molecule has 0 aliphatic heterocycles. The third kappa shape index (κ3) is 43.4. The minimum absolute atomic E-state index is 0.418. The van der Waals surface area contributed by atoms with Gasteiger partial charge in [0.15, 0.2) is 0 Å². The molecule has 1 heterocycles. The summed E-state index contributed by atoms with van der Waals surface area (Å²) in [4.78, 5) is 38.4. The Labute approximate surface area is 431 Å². The minimum Gasteiger partial charge on any atom is -0.343 e. The highest BCUT2D eigenvalue weighted by Gasteiger charge is 2.15. The van der Waals surface area contributed by atoms with Gasteiger partial charge in [-0.25, -0.2) is 4.98 Å². The van der Waals surface area contributed by atoms with Gasteiger partial charge in [0.25, 0.3) is 0 Å². The first-order valence-corrected chi connectivity index (χ1v) is 31.3. The van der Waals surface area contributed by atoms with Crippen LogP contribution in [0, 0.1) is 0 Å². The van der Waals surface area contributed by atoms with E-state index in [9.17, 15) is 9.59 Å². The molecule has 0 unspecified atom stereocenters. The lowest BCUT2D eigenvalue weighted by atomic mass is 10.1. The Bertz CT molecular complexity index is 1070. The average molecular weight is 969 g/mol. The topological polar surface area (TPSA) is 61.7 Å². The fourth-order valence-corrected chi connectivity index (χ4v) is 10.3. The highest BCUT2D eigenvalue weighted by atomic mass is 16.2. The average Bonchev–Trinajstić information content (AvgIpc) is 3.88. The van der Waals surface area contributed by atoms with Crippen molar-refractivity contribution in [2.75, 3.05) is 45.8 Å². The molecule has 7 heteroatoms. The molecule has 1 aromatic rings. The van der Waals surface area contributed by atoms with E-state index in [0.717, 1.165) is 71.4 Å². The maximum Gasteiger partial charge on any atom is 0.222 e. The maximum atomic E-state index is 13.5. The van der Waals surface area contributed by atoms with Gasteiger partial charge >= 0.3 is 0 Å². The first-order valence-electron chi connectivity index (χ1n) is 31.3. The standard InChI is InChI=1S/C62H121N5O2/c1-5-9-13-17-21-25-35-43-55-66(56-44-36-26-22-18-14-10-6-2)61(68)48-39-31-29-33-41-51-64(53-47-54-65-59-50-63-60-65)52-42-34-30-32-40-49-62(69)67(57-45-37-27-23-19-15-11-7-3)58-46-38-28-24-20-16-12-8-4/h50,59-60H,5-49,51-58H2,1-4H3. The van der Waals surface area contributed by atoms with Crippen molar-refractivity contribution in [1.82, 2.24) is 24.3 Å². The number of amides is 2. The van der Waals surface area contributed by atoms with Crippen molar-refractivity contribution in [3.63, 3.8) is 0 Å². The van der Waals surface area contributed by atoms with Crippen LogP contribution in [0.1, 0.15) is 317 Å².